The molecule has 2 aromatic heterocycles. The SMILES string of the molecule is Cc1cc(C)c(COc2cccn3cnc(C)c23)c(C)c1. The van der Waals surface area contributed by atoms with Gasteiger partial charge in [0, 0.05) is 6.20 Å². The molecule has 108 valence electrons. The third kappa shape index (κ3) is 2.51. The summed E-state index contributed by atoms with van der Waals surface area (Å²) >= 11 is 0. The van der Waals surface area contributed by atoms with E-state index >= 15 is 0 Å². The summed E-state index contributed by atoms with van der Waals surface area (Å²) < 4.78 is 8.08. The molecule has 1 aromatic carbocycles. The predicted octanol–water partition coefficient (Wildman–Crippen LogP) is 4.15. The molecule has 0 bridgehead atoms. The maximum absolute atomic E-state index is 6.09. The highest BCUT2D eigenvalue weighted by atomic mass is 16.5. The number of fused-ring (bicyclic) bond motifs is 1. The van der Waals surface area contributed by atoms with Crippen LogP contribution in [0.3, 0.4) is 0 Å². The third-order valence-electron chi connectivity index (χ3n) is 3.92. The minimum atomic E-state index is 0.586. The molecule has 0 saturated heterocycles. The fourth-order valence-corrected chi connectivity index (χ4v) is 2.88. The van der Waals surface area contributed by atoms with Gasteiger partial charge in [-0.2, -0.15) is 0 Å². The van der Waals surface area contributed by atoms with Gasteiger partial charge >= 0.3 is 0 Å². The molecule has 3 heteroatoms. The van der Waals surface area contributed by atoms with Crippen molar-refractivity contribution < 1.29 is 4.74 Å². The van der Waals surface area contributed by atoms with Crippen LogP contribution in [0.15, 0.2) is 36.8 Å². The van der Waals surface area contributed by atoms with E-state index in [4.69, 9.17) is 4.74 Å². The van der Waals surface area contributed by atoms with Crippen molar-refractivity contribution in [2.24, 2.45) is 0 Å². The molecule has 3 aromatic rings. The summed E-state index contributed by atoms with van der Waals surface area (Å²) in [7, 11) is 0. The molecule has 0 aliphatic rings. The number of hydrogen-bond donors (Lipinski definition) is 0. The van der Waals surface area contributed by atoms with Crippen LogP contribution in [0.1, 0.15) is 27.9 Å². The van der Waals surface area contributed by atoms with E-state index in [1.807, 2.05) is 36.0 Å². The zero-order valence-corrected chi connectivity index (χ0v) is 13.0. The first-order valence-electron chi connectivity index (χ1n) is 7.18. The van der Waals surface area contributed by atoms with E-state index in [-0.39, 0.29) is 0 Å². The minimum absolute atomic E-state index is 0.586. The standard InChI is InChI=1S/C18H20N2O/c1-12-8-13(2)16(14(3)9-12)10-21-17-6-5-7-20-11-19-15(4)18(17)20/h5-9,11H,10H2,1-4H3. The highest BCUT2D eigenvalue weighted by Crippen LogP contribution is 2.25. The van der Waals surface area contributed by atoms with Crippen molar-refractivity contribution >= 4 is 5.52 Å². The van der Waals surface area contributed by atoms with E-state index in [1.165, 1.54) is 22.3 Å². The Hall–Kier alpha value is -2.29. The molecule has 0 spiro atoms. The molecule has 3 rings (SSSR count). The predicted molar refractivity (Wildman–Crippen MR) is 84.9 cm³/mol. The van der Waals surface area contributed by atoms with Crippen molar-refractivity contribution in [3.8, 4) is 5.75 Å². The first kappa shape index (κ1) is 13.7. The van der Waals surface area contributed by atoms with Crippen molar-refractivity contribution in [3.63, 3.8) is 0 Å². The molecule has 0 N–H and O–H groups in total. The average molecular weight is 280 g/mol. The van der Waals surface area contributed by atoms with Crippen molar-refractivity contribution in [1.29, 1.82) is 0 Å². The summed E-state index contributed by atoms with van der Waals surface area (Å²) in [6.45, 7) is 9.00. The van der Waals surface area contributed by atoms with E-state index in [0.29, 0.717) is 6.61 Å². The van der Waals surface area contributed by atoms with Crippen LogP contribution in [0.5, 0.6) is 5.75 Å². The van der Waals surface area contributed by atoms with Crippen molar-refractivity contribution in [2.75, 3.05) is 0 Å². The van der Waals surface area contributed by atoms with Gasteiger partial charge in [-0.1, -0.05) is 17.7 Å². The normalized spacial score (nSPS) is 11.0. The van der Waals surface area contributed by atoms with Crippen molar-refractivity contribution in [3.05, 3.63) is 64.7 Å². The quantitative estimate of drug-likeness (QED) is 0.720. The van der Waals surface area contributed by atoms with Crippen LogP contribution >= 0.6 is 0 Å². The van der Waals surface area contributed by atoms with Crippen LogP contribution in [0.2, 0.25) is 0 Å². The zero-order chi connectivity index (χ0) is 15.0. The summed E-state index contributed by atoms with van der Waals surface area (Å²) in [5.41, 5.74) is 7.15. The van der Waals surface area contributed by atoms with Crippen LogP contribution in [0.4, 0.5) is 0 Å². The second kappa shape index (κ2) is 5.24. The fourth-order valence-electron chi connectivity index (χ4n) is 2.88. The summed E-state index contributed by atoms with van der Waals surface area (Å²) in [4.78, 5) is 4.34. The molecule has 21 heavy (non-hydrogen) atoms. The molecule has 0 fully saturated rings. The largest absolute Gasteiger partial charge is 0.487 e. The Kier molecular flexibility index (Phi) is 3.42. The number of benzene rings is 1. The molecule has 0 amide bonds. The van der Waals surface area contributed by atoms with Gasteiger partial charge in [-0.3, -0.25) is 0 Å². The van der Waals surface area contributed by atoms with Gasteiger partial charge in [-0.15, -0.1) is 0 Å². The lowest BCUT2D eigenvalue weighted by Crippen LogP contribution is -2.02. The number of pyridine rings is 1. The number of hydrogen-bond acceptors (Lipinski definition) is 2. The number of ether oxygens (including phenoxy) is 1. The van der Waals surface area contributed by atoms with Gasteiger partial charge in [0.2, 0.25) is 0 Å². The molecule has 0 unspecified atom stereocenters. The Labute approximate surface area is 125 Å². The molecule has 0 aliphatic heterocycles. The lowest BCUT2D eigenvalue weighted by molar-refractivity contribution is 0.307. The van der Waals surface area contributed by atoms with Gasteiger partial charge in [0.1, 0.15) is 17.9 Å². The van der Waals surface area contributed by atoms with Gasteiger partial charge in [-0.05, 0) is 56.5 Å². The second-order valence-corrected chi connectivity index (χ2v) is 5.62. The molecule has 0 aliphatic carbocycles. The Balaban J connectivity index is 1.92. The van der Waals surface area contributed by atoms with Gasteiger partial charge in [-0.25, -0.2) is 4.98 Å². The van der Waals surface area contributed by atoms with E-state index in [9.17, 15) is 0 Å². The monoisotopic (exact) mass is 280 g/mol. The summed E-state index contributed by atoms with van der Waals surface area (Å²) in [6, 6.07) is 8.40. The first-order chi connectivity index (χ1) is 10.1. The average Bonchev–Trinajstić information content (AvgIpc) is 2.80. The number of rotatable bonds is 3. The van der Waals surface area contributed by atoms with Crippen LogP contribution in [-0.4, -0.2) is 9.38 Å². The second-order valence-electron chi connectivity index (χ2n) is 5.62. The van der Waals surface area contributed by atoms with Gasteiger partial charge in [0.25, 0.3) is 0 Å². The lowest BCUT2D eigenvalue weighted by atomic mass is 10.0. The highest BCUT2D eigenvalue weighted by Gasteiger charge is 2.09. The van der Waals surface area contributed by atoms with E-state index in [1.54, 1.807) is 0 Å². The first-order valence-corrected chi connectivity index (χ1v) is 7.18. The number of aryl methyl sites for hydroxylation is 4. The number of aromatic nitrogens is 2. The molecule has 0 radical (unpaired) electrons. The third-order valence-corrected chi connectivity index (χ3v) is 3.92. The van der Waals surface area contributed by atoms with Crippen molar-refractivity contribution in [1.82, 2.24) is 9.38 Å². The Bertz CT molecular complexity index is 779. The summed E-state index contributed by atoms with van der Waals surface area (Å²) in [5, 5.41) is 0. The Morgan fingerprint density at radius 3 is 2.52 bits per heavy atom. The van der Waals surface area contributed by atoms with Crippen LogP contribution in [0.25, 0.3) is 5.52 Å². The number of imidazole rings is 1. The minimum Gasteiger partial charge on any atom is -0.487 e. The molecule has 0 atom stereocenters. The van der Waals surface area contributed by atoms with E-state index in [0.717, 1.165) is 17.0 Å². The van der Waals surface area contributed by atoms with Crippen molar-refractivity contribution in [2.45, 2.75) is 34.3 Å². The zero-order valence-electron chi connectivity index (χ0n) is 13.0. The summed E-state index contributed by atoms with van der Waals surface area (Å²) in [5.74, 6) is 0.881. The lowest BCUT2D eigenvalue weighted by Gasteiger charge is -2.13. The van der Waals surface area contributed by atoms with Gasteiger partial charge in [0.05, 0.1) is 12.0 Å². The van der Waals surface area contributed by atoms with Crippen LogP contribution in [0, 0.1) is 27.7 Å². The maximum Gasteiger partial charge on any atom is 0.145 e. The Morgan fingerprint density at radius 2 is 1.81 bits per heavy atom. The van der Waals surface area contributed by atoms with Crippen LogP contribution < -0.4 is 4.74 Å². The Morgan fingerprint density at radius 1 is 1.10 bits per heavy atom. The fraction of sp³-hybridized carbons (Fsp3) is 0.278. The highest BCUT2D eigenvalue weighted by molar-refractivity contribution is 5.63. The molecule has 3 nitrogen and oxygen atoms in total. The molecule has 2 heterocycles. The van der Waals surface area contributed by atoms with Gasteiger partial charge in [0.15, 0.2) is 0 Å². The van der Waals surface area contributed by atoms with Gasteiger partial charge < -0.3 is 9.14 Å². The maximum atomic E-state index is 6.09. The molecular formula is C18H20N2O. The molecule has 0 saturated carbocycles. The number of nitrogens with zero attached hydrogens (tertiary/aromatic N) is 2. The van der Waals surface area contributed by atoms with E-state index < -0.39 is 0 Å². The smallest absolute Gasteiger partial charge is 0.145 e. The summed E-state index contributed by atoms with van der Waals surface area (Å²) in [6.07, 6.45) is 3.81. The van der Waals surface area contributed by atoms with E-state index in [2.05, 4.69) is 37.9 Å². The van der Waals surface area contributed by atoms with Crippen LogP contribution in [-0.2, 0) is 6.61 Å². The molecular weight excluding hydrogens is 260 g/mol. The topological polar surface area (TPSA) is 26.5 Å².